The third kappa shape index (κ3) is 5.45. The molecule has 18 heavy (non-hydrogen) atoms. The summed E-state index contributed by atoms with van der Waals surface area (Å²) in [6.45, 7) is 10.5. The van der Waals surface area contributed by atoms with Crippen LogP contribution in [0.15, 0.2) is 36.4 Å². The highest BCUT2D eigenvalue weighted by atomic mass is 16.5. The first kappa shape index (κ1) is 14.2. The van der Waals surface area contributed by atoms with Crippen LogP contribution in [0.5, 0.6) is 11.5 Å². The van der Waals surface area contributed by atoms with Gasteiger partial charge in [0.15, 0.2) is 0 Å². The number of methoxy groups -OCH3 is 1. The van der Waals surface area contributed by atoms with Crippen molar-refractivity contribution in [3.05, 3.63) is 36.4 Å². The number of hydrogen-bond donors (Lipinski definition) is 0. The maximum absolute atomic E-state index is 5.57. The van der Waals surface area contributed by atoms with Gasteiger partial charge in [0.2, 0.25) is 0 Å². The highest BCUT2D eigenvalue weighted by Crippen LogP contribution is 2.17. The van der Waals surface area contributed by atoms with Gasteiger partial charge in [-0.25, -0.2) is 0 Å². The van der Waals surface area contributed by atoms with E-state index >= 15 is 0 Å². The molecule has 0 saturated heterocycles. The van der Waals surface area contributed by atoms with E-state index in [4.69, 9.17) is 9.47 Å². The maximum Gasteiger partial charge on any atom is 0.120 e. The average Bonchev–Trinajstić information content (AvgIpc) is 2.33. The predicted molar refractivity (Wildman–Crippen MR) is 74.9 cm³/mol. The molecule has 0 amide bonds. The van der Waals surface area contributed by atoms with E-state index in [1.54, 1.807) is 7.11 Å². The molecule has 96 valence electrons. The van der Waals surface area contributed by atoms with Crippen LogP contribution in [-0.4, -0.2) is 13.7 Å². The van der Waals surface area contributed by atoms with Crippen LogP contribution in [0.2, 0.25) is 0 Å². The molecule has 0 unspecified atom stereocenters. The molecular formula is C16H20O2. The molecule has 2 nitrogen and oxygen atoms in total. The molecular weight excluding hydrogens is 224 g/mol. The summed E-state index contributed by atoms with van der Waals surface area (Å²) in [6, 6.07) is 7.45. The van der Waals surface area contributed by atoms with Crippen molar-refractivity contribution in [2.45, 2.75) is 20.8 Å². The predicted octanol–water partition coefficient (Wildman–Crippen LogP) is 3.68. The number of hydrogen-bond acceptors (Lipinski definition) is 2. The van der Waals surface area contributed by atoms with Crippen LogP contribution in [0.25, 0.3) is 0 Å². The monoisotopic (exact) mass is 244 g/mol. The minimum atomic E-state index is -0.0109. The molecule has 1 aromatic rings. The molecule has 1 aromatic carbocycles. The van der Waals surface area contributed by atoms with Crippen molar-refractivity contribution < 1.29 is 9.47 Å². The lowest BCUT2D eigenvalue weighted by molar-refractivity contribution is 0.355. The molecule has 0 radical (unpaired) electrons. The molecule has 0 atom stereocenters. The van der Waals surface area contributed by atoms with Crippen molar-refractivity contribution in [2.75, 3.05) is 13.7 Å². The smallest absolute Gasteiger partial charge is 0.120 e. The zero-order valence-electron chi connectivity index (χ0n) is 11.5. The van der Waals surface area contributed by atoms with Crippen molar-refractivity contribution in [3.8, 4) is 23.3 Å². The fraction of sp³-hybridized carbons (Fsp3) is 0.375. The van der Waals surface area contributed by atoms with Gasteiger partial charge < -0.3 is 9.47 Å². The van der Waals surface area contributed by atoms with E-state index in [0.29, 0.717) is 6.61 Å². The summed E-state index contributed by atoms with van der Waals surface area (Å²) in [5, 5.41) is 0. The number of rotatable bonds is 4. The first-order chi connectivity index (χ1) is 8.40. The Morgan fingerprint density at radius 2 is 1.72 bits per heavy atom. The largest absolute Gasteiger partial charge is 0.497 e. The summed E-state index contributed by atoms with van der Waals surface area (Å²) in [7, 11) is 1.64. The van der Waals surface area contributed by atoms with Gasteiger partial charge in [-0.15, -0.1) is 0 Å². The molecule has 1 rings (SSSR count). The lowest BCUT2D eigenvalue weighted by Gasteiger charge is -2.08. The highest BCUT2D eigenvalue weighted by Gasteiger charge is 2.03. The van der Waals surface area contributed by atoms with Crippen LogP contribution in [0.1, 0.15) is 20.8 Å². The van der Waals surface area contributed by atoms with Crippen molar-refractivity contribution in [3.63, 3.8) is 0 Å². The molecule has 0 spiro atoms. The second kappa shape index (κ2) is 6.16. The molecule has 0 fully saturated rings. The van der Waals surface area contributed by atoms with Crippen LogP contribution >= 0.6 is 0 Å². The fourth-order valence-electron chi connectivity index (χ4n) is 1.15. The maximum atomic E-state index is 5.57. The SMILES string of the molecule is C=C(C#CC(C)(C)C)COc1ccc(OC)cc1. The van der Waals surface area contributed by atoms with Gasteiger partial charge in [-0.2, -0.15) is 0 Å². The Kier molecular flexibility index (Phi) is 4.85. The second-order valence-corrected chi connectivity index (χ2v) is 5.07. The Morgan fingerprint density at radius 3 is 2.22 bits per heavy atom. The van der Waals surface area contributed by atoms with E-state index in [2.05, 4.69) is 39.2 Å². The zero-order valence-corrected chi connectivity index (χ0v) is 11.5. The first-order valence-electron chi connectivity index (χ1n) is 5.88. The summed E-state index contributed by atoms with van der Waals surface area (Å²) < 4.78 is 10.7. The topological polar surface area (TPSA) is 18.5 Å². The van der Waals surface area contributed by atoms with Crippen molar-refractivity contribution in [1.29, 1.82) is 0 Å². The molecule has 0 bridgehead atoms. The summed E-state index contributed by atoms with van der Waals surface area (Å²) in [5.41, 5.74) is 0.768. The number of ether oxygens (including phenoxy) is 2. The minimum absolute atomic E-state index is 0.0109. The van der Waals surface area contributed by atoms with Crippen LogP contribution < -0.4 is 9.47 Å². The number of benzene rings is 1. The molecule has 0 aliphatic carbocycles. The van der Waals surface area contributed by atoms with Crippen LogP contribution in [0, 0.1) is 17.3 Å². The van der Waals surface area contributed by atoms with E-state index in [1.807, 2.05) is 24.3 Å². The minimum Gasteiger partial charge on any atom is -0.497 e. The quantitative estimate of drug-likeness (QED) is 0.752. The van der Waals surface area contributed by atoms with E-state index in [-0.39, 0.29) is 5.41 Å². The van der Waals surface area contributed by atoms with E-state index in [0.717, 1.165) is 17.1 Å². The highest BCUT2D eigenvalue weighted by molar-refractivity contribution is 5.33. The summed E-state index contributed by atoms with van der Waals surface area (Å²) in [6.07, 6.45) is 0. The molecule has 0 saturated carbocycles. The van der Waals surface area contributed by atoms with Crippen molar-refractivity contribution >= 4 is 0 Å². The first-order valence-corrected chi connectivity index (χ1v) is 5.88. The van der Waals surface area contributed by atoms with E-state index < -0.39 is 0 Å². The summed E-state index contributed by atoms with van der Waals surface area (Å²) in [5.74, 6) is 7.75. The van der Waals surface area contributed by atoms with Crippen LogP contribution in [0.3, 0.4) is 0 Å². The van der Waals surface area contributed by atoms with Crippen LogP contribution in [-0.2, 0) is 0 Å². The summed E-state index contributed by atoms with van der Waals surface area (Å²) in [4.78, 5) is 0. The second-order valence-electron chi connectivity index (χ2n) is 5.07. The van der Waals surface area contributed by atoms with Crippen molar-refractivity contribution in [1.82, 2.24) is 0 Å². The Morgan fingerprint density at radius 1 is 1.17 bits per heavy atom. The molecule has 0 heterocycles. The van der Waals surface area contributed by atoms with Gasteiger partial charge in [-0.1, -0.05) is 18.4 Å². The Balaban J connectivity index is 2.49. The van der Waals surface area contributed by atoms with E-state index in [1.165, 1.54) is 0 Å². The Hall–Kier alpha value is -1.88. The molecule has 2 heteroatoms. The van der Waals surface area contributed by atoms with Crippen LogP contribution in [0.4, 0.5) is 0 Å². The molecule has 0 N–H and O–H groups in total. The van der Waals surface area contributed by atoms with Crippen molar-refractivity contribution in [2.24, 2.45) is 5.41 Å². The third-order valence-electron chi connectivity index (χ3n) is 2.09. The van der Waals surface area contributed by atoms with Gasteiger partial charge in [0.05, 0.1) is 7.11 Å². The van der Waals surface area contributed by atoms with Gasteiger partial charge in [-0.05, 0) is 45.0 Å². The third-order valence-corrected chi connectivity index (χ3v) is 2.09. The zero-order chi connectivity index (χ0) is 13.6. The normalized spacial score (nSPS) is 10.2. The molecule has 0 aromatic heterocycles. The average molecular weight is 244 g/mol. The van der Waals surface area contributed by atoms with Gasteiger partial charge in [0.25, 0.3) is 0 Å². The van der Waals surface area contributed by atoms with Gasteiger partial charge >= 0.3 is 0 Å². The molecule has 0 aliphatic heterocycles. The Bertz CT molecular complexity index is 453. The lowest BCUT2D eigenvalue weighted by atomic mass is 9.97. The van der Waals surface area contributed by atoms with Gasteiger partial charge in [-0.3, -0.25) is 0 Å². The van der Waals surface area contributed by atoms with E-state index in [9.17, 15) is 0 Å². The summed E-state index contributed by atoms with van der Waals surface area (Å²) >= 11 is 0. The Labute approximate surface area is 110 Å². The lowest BCUT2D eigenvalue weighted by Crippen LogP contribution is -2.02. The van der Waals surface area contributed by atoms with Gasteiger partial charge in [0, 0.05) is 11.0 Å². The standard InChI is InChI=1S/C16H20O2/c1-13(10-11-16(2,3)4)12-18-15-8-6-14(17-5)7-9-15/h6-9H,1,12H2,2-5H3. The molecule has 0 aliphatic rings. The fourth-order valence-corrected chi connectivity index (χ4v) is 1.15. The van der Waals surface area contributed by atoms with Gasteiger partial charge in [0.1, 0.15) is 18.1 Å².